The quantitative estimate of drug-likeness (QED) is 0.582. The third-order valence-electron chi connectivity index (χ3n) is 4.15. The van der Waals surface area contributed by atoms with Crippen molar-refractivity contribution in [1.29, 1.82) is 0 Å². The fourth-order valence-electron chi connectivity index (χ4n) is 3.38. The second-order valence-electron chi connectivity index (χ2n) is 5.74. The zero-order valence-electron chi connectivity index (χ0n) is 12.0. The van der Waals surface area contributed by atoms with Crippen LogP contribution in [-0.2, 0) is 19.1 Å². The van der Waals surface area contributed by atoms with Gasteiger partial charge in [0.1, 0.15) is 5.92 Å². The average molecular weight is 274 g/mol. The van der Waals surface area contributed by atoms with Crippen LogP contribution in [0.1, 0.15) is 41.0 Å². The van der Waals surface area contributed by atoms with Crippen LogP contribution in [0.5, 0.6) is 0 Å². The Kier molecular flexibility index (Phi) is 2.94. The van der Waals surface area contributed by atoms with E-state index in [9.17, 15) is 9.59 Å². The maximum atomic E-state index is 12.7. The second-order valence-corrected chi connectivity index (χ2v) is 5.74. The summed E-state index contributed by atoms with van der Waals surface area (Å²) in [6, 6.07) is 3.98. The number of ether oxygens (including phenoxy) is 2. The van der Waals surface area contributed by atoms with Crippen LogP contribution in [0.2, 0.25) is 0 Å². The molecule has 0 aromatic heterocycles. The van der Waals surface area contributed by atoms with Gasteiger partial charge in [0.2, 0.25) is 5.78 Å². The van der Waals surface area contributed by atoms with Gasteiger partial charge >= 0.3 is 5.97 Å². The first kappa shape index (κ1) is 13.3. The molecule has 2 heterocycles. The predicted molar refractivity (Wildman–Crippen MR) is 72.4 cm³/mol. The van der Waals surface area contributed by atoms with Gasteiger partial charge in [0.05, 0.1) is 6.61 Å². The molecule has 1 aromatic rings. The van der Waals surface area contributed by atoms with Crippen molar-refractivity contribution in [2.45, 2.75) is 45.3 Å². The van der Waals surface area contributed by atoms with Crippen LogP contribution >= 0.6 is 0 Å². The van der Waals surface area contributed by atoms with Gasteiger partial charge in [-0.25, -0.2) is 0 Å². The van der Waals surface area contributed by atoms with Crippen molar-refractivity contribution < 1.29 is 19.1 Å². The zero-order valence-corrected chi connectivity index (χ0v) is 12.0. The first-order valence-corrected chi connectivity index (χ1v) is 6.93. The molecule has 0 bridgehead atoms. The molecular weight excluding hydrogens is 256 g/mol. The van der Waals surface area contributed by atoms with Crippen molar-refractivity contribution in [3.63, 3.8) is 0 Å². The summed E-state index contributed by atoms with van der Waals surface area (Å²) < 4.78 is 10.8. The van der Waals surface area contributed by atoms with Gasteiger partial charge in [-0.1, -0.05) is 17.7 Å². The highest BCUT2D eigenvalue weighted by Gasteiger charge is 2.59. The number of benzene rings is 1. The van der Waals surface area contributed by atoms with Crippen LogP contribution in [0.4, 0.5) is 0 Å². The lowest BCUT2D eigenvalue weighted by molar-refractivity contribution is -0.194. The highest BCUT2D eigenvalue weighted by molar-refractivity contribution is 6.13. The molecule has 2 unspecified atom stereocenters. The van der Waals surface area contributed by atoms with E-state index in [0.29, 0.717) is 13.0 Å². The van der Waals surface area contributed by atoms with E-state index in [1.165, 1.54) is 0 Å². The molecular formula is C16H18O4. The van der Waals surface area contributed by atoms with Crippen molar-refractivity contribution in [2.24, 2.45) is 0 Å². The topological polar surface area (TPSA) is 52.6 Å². The van der Waals surface area contributed by atoms with Crippen LogP contribution in [0.15, 0.2) is 12.1 Å². The van der Waals surface area contributed by atoms with E-state index < -0.39 is 17.7 Å². The van der Waals surface area contributed by atoms with E-state index in [1.54, 1.807) is 0 Å². The summed E-state index contributed by atoms with van der Waals surface area (Å²) in [5.74, 6) is -2.87. The molecule has 4 heteroatoms. The van der Waals surface area contributed by atoms with E-state index in [-0.39, 0.29) is 5.78 Å². The smallest absolute Gasteiger partial charge is 0.324 e. The standard InChI is InChI=1S/C16H18O4/c1-9-7-10(2)12(11(3)8-9)13-14(17)16(20-15(13)18)5-4-6-19-16/h7-8,13H,4-6H2,1-3H3. The summed E-state index contributed by atoms with van der Waals surface area (Å²) in [5, 5.41) is 0. The number of hydrogen-bond acceptors (Lipinski definition) is 4. The summed E-state index contributed by atoms with van der Waals surface area (Å²) in [5.41, 5.74) is 3.80. The highest BCUT2D eigenvalue weighted by Crippen LogP contribution is 2.42. The van der Waals surface area contributed by atoms with E-state index in [2.05, 4.69) is 0 Å². The molecule has 106 valence electrons. The number of rotatable bonds is 1. The Morgan fingerprint density at radius 1 is 1.15 bits per heavy atom. The van der Waals surface area contributed by atoms with Gasteiger partial charge in [0, 0.05) is 6.42 Å². The second kappa shape index (κ2) is 4.42. The SMILES string of the molecule is Cc1cc(C)c(C2C(=O)OC3(CCCO3)C2=O)c(C)c1. The summed E-state index contributed by atoms with van der Waals surface area (Å²) in [7, 11) is 0. The molecule has 0 saturated carbocycles. The Morgan fingerprint density at radius 3 is 2.35 bits per heavy atom. The van der Waals surface area contributed by atoms with Gasteiger partial charge < -0.3 is 9.47 Å². The number of carbonyl (C=O) groups excluding carboxylic acids is 2. The van der Waals surface area contributed by atoms with E-state index in [4.69, 9.17) is 9.47 Å². The molecule has 2 saturated heterocycles. The lowest BCUT2D eigenvalue weighted by Crippen LogP contribution is -2.36. The van der Waals surface area contributed by atoms with Crippen LogP contribution in [0, 0.1) is 20.8 Å². The molecule has 2 aliphatic heterocycles. The van der Waals surface area contributed by atoms with Gasteiger partial charge in [0.25, 0.3) is 5.79 Å². The number of esters is 1. The molecule has 0 amide bonds. The Balaban J connectivity index is 2.07. The Bertz CT molecular complexity index is 573. The Labute approximate surface area is 118 Å². The largest absolute Gasteiger partial charge is 0.424 e. The minimum absolute atomic E-state index is 0.241. The van der Waals surface area contributed by atoms with Gasteiger partial charge in [0.15, 0.2) is 0 Å². The monoisotopic (exact) mass is 274 g/mol. The molecule has 4 nitrogen and oxygen atoms in total. The third-order valence-corrected chi connectivity index (χ3v) is 4.15. The molecule has 2 fully saturated rings. The molecule has 2 aliphatic rings. The fraction of sp³-hybridized carbons (Fsp3) is 0.500. The van der Waals surface area contributed by atoms with Crippen molar-refractivity contribution in [2.75, 3.05) is 6.61 Å². The van der Waals surface area contributed by atoms with Crippen LogP contribution in [0.3, 0.4) is 0 Å². The lowest BCUT2D eigenvalue weighted by Gasteiger charge is -2.18. The maximum Gasteiger partial charge on any atom is 0.324 e. The van der Waals surface area contributed by atoms with E-state index in [0.717, 1.165) is 28.7 Å². The molecule has 1 spiro atoms. The minimum Gasteiger partial charge on any atom is -0.424 e. The van der Waals surface area contributed by atoms with Crippen molar-refractivity contribution in [3.8, 4) is 0 Å². The number of aryl methyl sites for hydroxylation is 3. The van der Waals surface area contributed by atoms with Crippen molar-refractivity contribution >= 4 is 11.8 Å². The number of carbonyl (C=O) groups is 2. The Morgan fingerprint density at radius 2 is 1.80 bits per heavy atom. The van der Waals surface area contributed by atoms with Crippen LogP contribution in [-0.4, -0.2) is 24.1 Å². The normalized spacial score (nSPS) is 29.2. The third kappa shape index (κ3) is 1.79. The van der Waals surface area contributed by atoms with Crippen LogP contribution in [0.25, 0.3) is 0 Å². The van der Waals surface area contributed by atoms with Crippen molar-refractivity contribution in [3.05, 3.63) is 34.4 Å². The molecule has 0 aliphatic carbocycles. The number of ketones is 1. The zero-order chi connectivity index (χ0) is 14.5. The molecule has 3 rings (SSSR count). The molecule has 2 atom stereocenters. The summed E-state index contributed by atoms with van der Waals surface area (Å²) >= 11 is 0. The molecule has 0 radical (unpaired) electrons. The fourth-order valence-corrected chi connectivity index (χ4v) is 3.38. The van der Waals surface area contributed by atoms with Crippen molar-refractivity contribution in [1.82, 2.24) is 0 Å². The van der Waals surface area contributed by atoms with Gasteiger partial charge in [-0.2, -0.15) is 0 Å². The predicted octanol–water partition coefficient (Wildman–Crippen LogP) is 2.33. The van der Waals surface area contributed by atoms with Gasteiger partial charge in [-0.15, -0.1) is 0 Å². The average Bonchev–Trinajstić information content (AvgIpc) is 2.89. The summed E-state index contributed by atoms with van der Waals surface area (Å²) in [4.78, 5) is 24.9. The van der Waals surface area contributed by atoms with Gasteiger partial charge in [-0.05, 0) is 43.9 Å². The lowest BCUT2D eigenvalue weighted by atomic mass is 9.85. The van der Waals surface area contributed by atoms with Gasteiger partial charge in [-0.3, -0.25) is 9.59 Å². The molecule has 0 N–H and O–H groups in total. The molecule has 1 aromatic carbocycles. The summed E-state index contributed by atoms with van der Waals surface area (Å²) in [6.07, 6.45) is 1.22. The highest BCUT2D eigenvalue weighted by atomic mass is 16.7. The van der Waals surface area contributed by atoms with E-state index >= 15 is 0 Å². The first-order valence-electron chi connectivity index (χ1n) is 6.93. The number of hydrogen-bond donors (Lipinski definition) is 0. The first-order chi connectivity index (χ1) is 9.44. The summed E-state index contributed by atoms with van der Waals surface area (Å²) in [6.45, 7) is 6.32. The molecule has 20 heavy (non-hydrogen) atoms. The number of Topliss-reactive ketones (excluding diaryl/α,β-unsaturated/α-hetero) is 1. The van der Waals surface area contributed by atoms with Crippen LogP contribution < -0.4 is 0 Å². The maximum absolute atomic E-state index is 12.7. The Hall–Kier alpha value is -1.68. The van der Waals surface area contributed by atoms with E-state index in [1.807, 2.05) is 32.9 Å². The minimum atomic E-state index is -1.31.